The van der Waals surface area contributed by atoms with Gasteiger partial charge < -0.3 is 11.1 Å². The van der Waals surface area contributed by atoms with Gasteiger partial charge in [0.1, 0.15) is 6.04 Å². The first-order valence-electron chi connectivity index (χ1n) is 8.11. The van der Waals surface area contributed by atoms with Crippen LogP contribution in [0.4, 0.5) is 0 Å². The highest BCUT2D eigenvalue weighted by Gasteiger charge is 2.18. The number of unbranched alkanes of at least 4 members (excludes halogenated alkanes) is 2. The number of primary amides is 1. The van der Waals surface area contributed by atoms with Crippen molar-refractivity contribution in [3.8, 4) is 0 Å². The molecule has 122 valence electrons. The van der Waals surface area contributed by atoms with Crippen LogP contribution in [0.2, 0.25) is 0 Å². The van der Waals surface area contributed by atoms with E-state index in [0.717, 1.165) is 25.7 Å². The molecule has 0 radical (unpaired) electrons. The predicted octanol–water partition coefficient (Wildman–Crippen LogP) is 2.81. The number of aryl methyl sites for hydroxylation is 1. The van der Waals surface area contributed by atoms with Crippen LogP contribution in [0.3, 0.4) is 0 Å². The molecule has 3 N–H and O–H groups in total. The number of carbonyl (C=O) groups excluding carboxylic acids is 2. The molecule has 1 aromatic carbocycles. The molecule has 4 heteroatoms. The van der Waals surface area contributed by atoms with Crippen LogP contribution in [0, 0.1) is 5.92 Å². The van der Waals surface area contributed by atoms with Gasteiger partial charge >= 0.3 is 0 Å². The van der Waals surface area contributed by atoms with E-state index in [-0.39, 0.29) is 5.91 Å². The molecule has 0 aliphatic heterocycles. The number of nitrogens with two attached hydrogens (primary N) is 1. The zero-order valence-corrected chi connectivity index (χ0v) is 13.7. The molecule has 0 aromatic heterocycles. The van der Waals surface area contributed by atoms with Crippen molar-refractivity contribution >= 4 is 11.8 Å². The molecule has 0 spiro atoms. The standard InChI is InChI=1S/C18H28N2O2/c1-14(2)13-16(18(19)22)20-17(21)12-8-4-7-11-15-9-5-3-6-10-15/h3,5-6,9-10,14,16H,4,7-8,11-13H2,1-2H3,(H2,19,22)(H,20,21). The molecular formula is C18H28N2O2. The highest BCUT2D eigenvalue weighted by molar-refractivity contribution is 5.86. The third kappa shape index (κ3) is 7.81. The molecule has 2 amide bonds. The zero-order valence-electron chi connectivity index (χ0n) is 13.7. The molecule has 0 aliphatic carbocycles. The summed E-state index contributed by atoms with van der Waals surface area (Å²) in [6.07, 6.45) is 5.01. The Balaban J connectivity index is 2.18. The number of rotatable bonds is 10. The van der Waals surface area contributed by atoms with Crippen molar-refractivity contribution in [1.29, 1.82) is 0 Å². The number of carbonyl (C=O) groups is 2. The fraction of sp³-hybridized carbons (Fsp3) is 0.556. The molecule has 22 heavy (non-hydrogen) atoms. The topological polar surface area (TPSA) is 72.2 Å². The third-order valence-electron chi connectivity index (χ3n) is 3.60. The van der Waals surface area contributed by atoms with E-state index in [1.54, 1.807) is 0 Å². The lowest BCUT2D eigenvalue weighted by Crippen LogP contribution is -2.45. The van der Waals surface area contributed by atoms with E-state index in [1.165, 1.54) is 5.56 Å². The smallest absolute Gasteiger partial charge is 0.240 e. The number of hydrogen-bond donors (Lipinski definition) is 2. The van der Waals surface area contributed by atoms with Gasteiger partial charge in [-0.1, -0.05) is 50.6 Å². The molecule has 0 saturated carbocycles. The van der Waals surface area contributed by atoms with Crippen LogP contribution >= 0.6 is 0 Å². The monoisotopic (exact) mass is 304 g/mol. The molecule has 0 fully saturated rings. The lowest BCUT2D eigenvalue weighted by molar-refractivity contribution is -0.127. The number of nitrogens with one attached hydrogen (secondary N) is 1. The van der Waals surface area contributed by atoms with Crippen LogP contribution < -0.4 is 11.1 Å². The minimum Gasteiger partial charge on any atom is -0.368 e. The van der Waals surface area contributed by atoms with Gasteiger partial charge in [-0.2, -0.15) is 0 Å². The average molecular weight is 304 g/mol. The Labute approximate surface area is 133 Å². The van der Waals surface area contributed by atoms with Gasteiger partial charge in [0, 0.05) is 6.42 Å². The highest BCUT2D eigenvalue weighted by atomic mass is 16.2. The van der Waals surface area contributed by atoms with Crippen molar-refractivity contribution in [2.45, 2.75) is 58.4 Å². The van der Waals surface area contributed by atoms with Crippen molar-refractivity contribution in [3.63, 3.8) is 0 Å². The van der Waals surface area contributed by atoms with Gasteiger partial charge in [-0.25, -0.2) is 0 Å². The SMILES string of the molecule is CC(C)CC(NC(=O)CCCCCc1ccccc1)C(N)=O. The fourth-order valence-corrected chi connectivity index (χ4v) is 2.42. The second kappa shape index (κ2) is 9.98. The molecule has 0 heterocycles. The van der Waals surface area contributed by atoms with Gasteiger partial charge in [-0.15, -0.1) is 0 Å². The van der Waals surface area contributed by atoms with E-state index >= 15 is 0 Å². The second-order valence-corrected chi connectivity index (χ2v) is 6.20. The average Bonchev–Trinajstić information content (AvgIpc) is 2.46. The minimum absolute atomic E-state index is 0.0795. The summed E-state index contributed by atoms with van der Waals surface area (Å²) in [6, 6.07) is 9.80. The van der Waals surface area contributed by atoms with Crippen molar-refractivity contribution in [2.75, 3.05) is 0 Å². The summed E-state index contributed by atoms with van der Waals surface area (Å²) in [5, 5.41) is 2.74. The van der Waals surface area contributed by atoms with Gasteiger partial charge in [0.15, 0.2) is 0 Å². The summed E-state index contributed by atoms with van der Waals surface area (Å²) in [5.74, 6) is -0.209. The fourth-order valence-electron chi connectivity index (χ4n) is 2.42. The van der Waals surface area contributed by atoms with Crippen molar-refractivity contribution in [2.24, 2.45) is 11.7 Å². The van der Waals surface area contributed by atoms with E-state index in [0.29, 0.717) is 18.8 Å². The maximum atomic E-state index is 11.9. The Bertz CT molecular complexity index is 457. The Morgan fingerprint density at radius 3 is 2.36 bits per heavy atom. The molecule has 0 aliphatic rings. The van der Waals surface area contributed by atoms with Crippen LogP contribution in [-0.2, 0) is 16.0 Å². The maximum absolute atomic E-state index is 11.9. The van der Waals surface area contributed by atoms with Gasteiger partial charge in [0.25, 0.3) is 0 Å². The van der Waals surface area contributed by atoms with Crippen LogP contribution in [-0.4, -0.2) is 17.9 Å². The van der Waals surface area contributed by atoms with Crippen LogP contribution in [0.25, 0.3) is 0 Å². The van der Waals surface area contributed by atoms with E-state index in [1.807, 2.05) is 32.0 Å². The lowest BCUT2D eigenvalue weighted by atomic mass is 10.0. The van der Waals surface area contributed by atoms with Gasteiger partial charge in [-0.05, 0) is 37.2 Å². The normalized spacial score (nSPS) is 12.1. The molecule has 0 bridgehead atoms. The molecule has 1 aromatic rings. The quantitative estimate of drug-likeness (QED) is 0.652. The molecule has 4 nitrogen and oxygen atoms in total. The van der Waals surface area contributed by atoms with Gasteiger partial charge in [-0.3, -0.25) is 9.59 Å². The van der Waals surface area contributed by atoms with E-state index in [4.69, 9.17) is 5.73 Å². The summed E-state index contributed by atoms with van der Waals surface area (Å²) in [5.41, 5.74) is 6.65. The third-order valence-corrected chi connectivity index (χ3v) is 3.60. The zero-order chi connectivity index (χ0) is 16.4. The van der Waals surface area contributed by atoms with Crippen LogP contribution in [0.5, 0.6) is 0 Å². The summed E-state index contributed by atoms with van der Waals surface area (Å²) >= 11 is 0. The summed E-state index contributed by atoms with van der Waals surface area (Å²) in [7, 11) is 0. The first-order chi connectivity index (χ1) is 10.5. The van der Waals surface area contributed by atoms with E-state index < -0.39 is 11.9 Å². The Hall–Kier alpha value is -1.84. The lowest BCUT2D eigenvalue weighted by Gasteiger charge is -2.17. The highest BCUT2D eigenvalue weighted by Crippen LogP contribution is 2.09. The van der Waals surface area contributed by atoms with Gasteiger partial charge in [0.05, 0.1) is 0 Å². The molecule has 1 atom stereocenters. The molecule has 0 saturated heterocycles. The second-order valence-electron chi connectivity index (χ2n) is 6.20. The largest absolute Gasteiger partial charge is 0.368 e. The summed E-state index contributed by atoms with van der Waals surface area (Å²) in [4.78, 5) is 23.2. The predicted molar refractivity (Wildman–Crippen MR) is 89.2 cm³/mol. The summed E-state index contributed by atoms with van der Waals surface area (Å²) < 4.78 is 0. The first-order valence-corrected chi connectivity index (χ1v) is 8.11. The van der Waals surface area contributed by atoms with Crippen molar-refractivity contribution in [3.05, 3.63) is 35.9 Å². The van der Waals surface area contributed by atoms with Crippen molar-refractivity contribution in [1.82, 2.24) is 5.32 Å². The molecule has 1 rings (SSSR count). The van der Waals surface area contributed by atoms with E-state index in [2.05, 4.69) is 17.4 Å². The molecular weight excluding hydrogens is 276 g/mol. The Kier molecular flexibility index (Phi) is 8.26. The molecule has 1 unspecified atom stereocenters. The number of benzene rings is 1. The van der Waals surface area contributed by atoms with E-state index in [9.17, 15) is 9.59 Å². The maximum Gasteiger partial charge on any atom is 0.240 e. The number of amides is 2. The van der Waals surface area contributed by atoms with Crippen molar-refractivity contribution < 1.29 is 9.59 Å². The van der Waals surface area contributed by atoms with Crippen LogP contribution in [0.15, 0.2) is 30.3 Å². The van der Waals surface area contributed by atoms with Crippen LogP contribution in [0.1, 0.15) is 51.5 Å². The van der Waals surface area contributed by atoms with Gasteiger partial charge in [0.2, 0.25) is 11.8 Å². The summed E-state index contributed by atoms with van der Waals surface area (Å²) in [6.45, 7) is 4.01. The Morgan fingerprint density at radius 1 is 1.09 bits per heavy atom. The number of hydrogen-bond acceptors (Lipinski definition) is 2. The first kappa shape index (κ1) is 18.2. The Morgan fingerprint density at radius 2 is 1.77 bits per heavy atom. The minimum atomic E-state index is -0.545.